The molecular formula is C41H33IN10O3S. The number of anilines is 5. The number of fused-ring (bicyclic) bond motifs is 2. The fourth-order valence-corrected chi connectivity index (χ4v) is 7.51. The zero-order chi connectivity index (χ0) is 39.0. The van der Waals surface area contributed by atoms with Gasteiger partial charge in [0.15, 0.2) is 16.5 Å². The summed E-state index contributed by atoms with van der Waals surface area (Å²) in [5.74, 6) is 2.32. The van der Waals surface area contributed by atoms with Crippen LogP contribution in [0.15, 0.2) is 118 Å². The maximum atomic E-state index is 10.5. The second-order valence-electron chi connectivity index (χ2n) is 13.0. The number of hydrogen-bond donors (Lipinski definition) is 1. The van der Waals surface area contributed by atoms with Crippen LogP contribution >= 0.6 is 33.9 Å². The number of pyridine rings is 1. The fourth-order valence-electron chi connectivity index (χ4n) is 6.15. The van der Waals surface area contributed by atoms with E-state index in [0.29, 0.717) is 56.4 Å². The molecule has 0 radical (unpaired) electrons. The number of para-hydroxylation sites is 7. The van der Waals surface area contributed by atoms with Gasteiger partial charge in [0.1, 0.15) is 40.2 Å². The molecular weight excluding hydrogens is 839 g/mol. The van der Waals surface area contributed by atoms with Crippen LogP contribution in [-0.2, 0) is 3.42 Å². The van der Waals surface area contributed by atoms with Crippen LogP contribution in [0.5, 0.6) is 11.5 Å². The van der Waals surface area contributed by atoms with Gasteiger partial charge in [0, 0.05) is 0 Å². The van der Waals surface area contributed by atoms with E-state index < -0.39 is 3.42 Å². The Kier molecular flexibility index (Phi) is 9.83. The summed E-state index contributed by atoms with van der Waals surface area (Å²) in [6, 6.07) is 35.0. The Morgan fingerprint density at radius 1 is 0.875 bits per heavy atom. The molecule has 8 rings (SSSR count). The van der Waals surface area contributed by atoms with Gasteiger partial charge in [0.25, 0.3) is 0 Å². The number of rotatable bonds is 11. The van der Waals surface area contributed by atoms with Crippen molar-refractivity contribution in [2.24, 2.45) is 10.2 Å². The van der Waals surface area contributed by atoms with Gasteiger partial charge < -0.3 is 19.2 Å². The molecule has 0 aliphatic carbocycles. The van der Waals surface area contributed by atoms with E-state index in [1.54, 1.807) is 14.2 Å². The first-order valence-electron chi connectivity index (χ1n) is 17.4. The molecule has 0 saturated heterocycles. The van der Waals surface area contributed by atoms with Crippen LogP contribution in [0.4, 0.5) is 39.6 Å². The molecule has 0 fully saturated rings. The van der Waals surface area contributed by atoms with Gasteiger partial charge in [0.05, 0.1) is 44.9 Å². The minimum Gasteiger partial charge on any atom is -0.495 e. The zero-order valence-corrected chi connectivity index (χ0v) is 33.8. The lowest BCUT2D eigenvalue weighted by molar-refractivity contribution is 0.416. The minimum absolute atomic E-state index is 0.157. The first-order valence-corrected chi connectivity index (χ1v) is 19.3. The molecule has 0 aliphatic heterocycles. The van der Waals surface area contributed by atoms with Gasteiger partial charge in [0.2, 0.25) is 5.82 Å². The van der Waals surface area contributed by atoms with Gasteiger partial charge >= 0.3 is 6.01 Å². The molecule has 13 nitrogen and oxygen atoms in total. The number of thiazole rings is 1. The molecule has 0 saturated carbocycles. The van der Waals surface area contributed by atoms with Crippen molar-refractivity contribution in [3.63, 3.8) is 0 Å². The standard InChI is InChI=1S/C41H33IN10O3S/c1-24-22-34(51(29-17-9-12-20-32(29)54-5)40-46-28-16-8-13-21-33(28)56-40)47-37(44-26-14-6-10-18-30(26)53-4)35(24)48-49-38-25(23-43)36(41(2,3)42)50-52(38)39-45-27-15-7-11-19-31(27)55-39/h6-22H,1-5H3,(H,44,47). The van der Waals surface area contributed by atoms with Crippen LogP contribution in [0.3, 0.4) is 0 Å². The van der Waals surface area contributed by atoms with Crippen molar-refractivity contribution in [2.75, 3.05) is 24.4 Å². The monoisotopic (exact) mass is 872 g/mol. The van der Waals surface area contributed by atoms with Crippen molar-refractivity contribution in [3.8, 4) is 23.6 Å². The molecule has 0 atom stereocenters. The van der Waals surface area contributed by atoms with Gasteiger partial charge in [-0.05, 0) is 80.9 Å². The van der Waals surface area contributed by atoms with Gasteiger partial charge in [-0.2, -0.15) is 20.0 Å². The van der Waals surface area contributed by atoms with E-state index in [4.69, 9.17) is 39.2 Å². The molecule has 0 aliphatic rings. The predicted molar refractivity (Wildman–Crippen MR) is 227 cm³/mol. The van der Waals surface area contributed by atoms with E-state index >= 15 is 0 Å². The summed E-state index contributed by atoms with van der Waals surface area (Å²) in [7, 11) is 3.24. The molecule has 0 bridgehead atoms. The lowest BCUT2D eigenvalue weighted by Gasteiger charge is -2.24. The number of nitrogens with one attached hydrogen (secondary N) is 1. The van der Waals surface area contributed by atoms with Crippen LogP contribution in [0.2, 0.25) is 0 Å². The van der Waals surface area contributed by atoms with Crippen LogP contribution in [0.1, 0.15) is 30.7 Å². The smallest absolute Gasteiger partial charge is 0.325 e. The summed E-state index contributed by atoms with van der Waals surface area (Å²) in [6.07, 6.45) is 0. The lowest BCUT2D eigenvalue weighted by atomic mass is 10.1. The number of halogens is 1. The number of methoxy groups -OCH3 is 2. The molecule has 0 spiro atoms. The number of ether oxygens (including phenoxy) is 2. The molecule has 15 heteroatoms. The third kappa shape index (κ3) is 6.88. The normalized spacial score (nSPS) is 11.7. The number of benzene rings is 4. The largest absolute Gasteiger partial charge is 0.495 e. The molecule has 0 unspecified atom stereocenters. The maximum absolute atomic E-state index is 10.5. The Balaban J connectivity index is 1.34. The average Bonchev–Trinajstić information content (AvgIpc) is 3.93. The number of nitriles is 1. The number of aryl methyl sites for hydroxylation is 1. The highest BCUT2D eigenvalue weighted by Gasteiger charge is 2.31. The highest BCUT2D eigenvalue weighted by molar-refractivity contribution is 14.1. The van der Waals surface area contributed by atoms with Crippen LogP contribution < -0.4 is 19.7 Å². The second kappa shape index (κ2) is 15.0. The van der Waals surface area contributed by atoms with Crippen molar-refractivity contribution >= 4 is 94.9 Å². The Morgan fingerprint density at radius 3 is 2.30 bits per heavy atom. The lowest BCUT2D eigenvalue weighted by Crippen LogP contribution is -2.13. The Labute approximate surface area is 339 Å². The van der Waals surface area contributed by atoms with Crippen molar-refractivity contribution in [3.05, 3.63) is 120 Å². The number of oxazole rings is 1. The molecule has 1 N–H and O–H groups in total. The molecule has 4 heterocycles. The fraction of sp³-hybridized carbons (Fsp3) is 0.146. The zero-order valence-electron chi connectivity index (χ0n) is 30.9. The predicted octanol–water partition coefficient (Wildman–Crippen LogP) is 11.5. The number of alkyl halides is 1. The molecule has 278 valence electrons. The van der Waals surface area contributed by atoms with E-state index in [0.717, 1.165) is 21.5 Å². The van der Waals surface area contributed by atoms with E-state index in [1.807, 2.05) is 129 Å². The third-order valence-corrected chi connectivity index (χ3v) is 10.3. The molecule has 0 amide bonds. The van der Waals surface area contributed by atoms with Crippen molar-refractivity contribution in [1.29, 1.82) is 5.26 Å². The van der Waals surface area contributed by atoms with E-state index in [2.05, 4.69) is 39.0 Å². The Morgan fingerprint density at radius 2 is 1.57 bits per heavy atom. The van der Waals surface area contributed by atoms with Gasteiger partial charge in [-0.25, -0.2) is 9.97 Å². The van der Waals surface area contributed by atoms with Crippen LogP contribution in [0, 0.1) is 18.3 Å². The van der Waals surface area contributed by atoms with Crippen molar-refractivity contribution in [2.45, 2.75) is 24.2 Å². The van der Waals surface area contributed by atoms with Crippen molar-refractivity contribution < 1.29 is 13.9 Å². The minimum atomic E-state index is -0.539. The average molecular weight is 873 g/mol. The summed E-state index contributed by atoms with van der Waals surface area (Å²) < 4.78 is 19.6. The summed E-state index contributed by atoms with van der Waals surface area (Å²) in [4.78, 5) is 16.9. The quantitative estimate of drug-likeness (QED) is 0.0755. The number of azo groups is 1. The number of aromatic nitrogens is 5. The van der Waals surface area contributed by atoms with E-state index in [-0.39, 0.29) is 17.4 Å². The highest BCUT2D eigenvalue weighted by Crippen LogP contribution is 2.46. The second-order valence-corrected chi connectivity index (χ2v) is 16.7. The van der Waals surface area contributed by atoms with E-state index in [9.17, 15) is 5.26 Å². The van der Waals surface area contributed by atoms with Gasteiger partial charge in [-0.15, -0.1) is 10.2 Å². The first-order chi connectivity index (χ1) is 27.2. The topological polar surface area (TPSA) is 152 Å². The molecule has 56 heavy (non-hydrogen) atoms. The maximum Gasteiger partial charge on any atom is 0.325 e. The molecule has 8 aromatic rings. The summed E-state index contributed by atoms with van der Waals surface area (Å²) >= 11 is 3.79. The summed E-state index contributed by atoms with van der Waals surface area (Å²) in [5, 5.41) is 29.0. The van der Waals surface area contributed by atoms with Gasteiger partial charge in [-0.3, -0.25) is 4.90 Å². The van der Waals surface area contributed by atoms with Crippen LogP contribution in [0.25, 0.3) is 27.3 Å². The third-order valence-electron chi connectivity index (χ3n) is 8.80. The summed E-state index contributed by atoms with van der Waals surface area (Å²) in [5.41, 5.74) is 5.36. The van der Waals surface area contributed by atoms with Gasteiger partial charge in [-0.1, -0.05) is 82.5 Å². The summed E-state index contributed by atoms with van der Waals surface area (Å²) in [6.45, 7) is 5.86. The first kappa shape index (κ1) is 36.6. The van der Waals surface area contributed by atoms with Crippen LogP contribution in [-0.4, -0.2) is 39.0 Å². The number of hydrogen-bond acceptors (Lipinski definition) is 13. The molecule has 4 aromatic heterocycles. The Bertz CT molecular complexity index is 2750. The SMILES string of the molecule is COc1ccccc1Nc1nc(N(c2nc3ccccc3s2)c2ccccc2OC)cc(C)c1N=Nc1c(C#N)c(C(C)(C)I)nn1-c1nc2ccccc2o1. The molecule has 4 aromatic carbocycles. The van der Waals surface area contributed by atoms with E-state index in [1.165, 1.54) is 16.0 Å². The number of nitrogens with zero attached hydrogens (tertiary/aromatic N) is 9. The highest BCUT2D eigenvalue weighted by atomic mass is 127. The Hall–Kier alpha value is -6.38. The van der Waals surface area contributed by atoms with Crippen molar-refractivity contribution in [1.82, 2.24) is 24.7 Å².